The summed E-state index contributed by atoms with van der Waals surface area (Å²) >= 11 is 0. The Labute approximate surface area is 76.0 Å². The molecule has 0 saturated carbocycles. The van der Waals surface area contributed by atoms with Crippen LogP contribution in [0.5, 0.6) is 0 Å². The summed E-state index contributed by atoms with van der Waals surface area (Å²) in [7, 11) is 0. The van der Waals surface area contributed by atoms with Crippen LogP contribution in [0.1, 0.15) is 0 Å². The van der Waals surface area contributed by atoms with E-state index in [2.05, 4.69) is 15.8 Å². The second-order valence-corrected chi connectivity index (χ2v) is 2.13. The summed E-state index contributed by atoms with van der Waals surface area (Å²) in [5.41, 5.74) is 4.91. The van der Waals surface area contributed by atoms with Gasteiger partial charge >= 0.3 is 0 Å². The van der Waals surface area contributed by atoms with E-state index < -0.39 is 0 Å². The van der Waals surface area contributed by atoms with Gasteiger partial charge in [0, 0.05) is 0 Å². The fraction of sp³-hybridized carbons (Fsp3) is 0. The third-order valence-electron chi connectivity index (χ3n) is 1.21. The molecule has 66 valence electrons. The normalized spacial score (nSPS) is 11.8. The first kappa shape index (κ1) is 9.03. The lowest BCUT2D eigenvalue weighted by Gasteiger charge is -1.85. The molecule has 2 rings (SSSR count). The van der Waals surface area contributed by atoms with Crippen molar-refractivity contribution in [3.8, 4) is 0 Å². The molecule has 2 N–H and O–H groups in total. The maximum absolute atomic E-state index is 9.63. The van der Waals surface area contributed by atoms with Crippen molar-refractivity contribution in [2.75, 3.05) is 0 Å². The topological polar surface area (TPSA) is 53.5 Å². The Kier molecular flexibility index (Phi) is 3.87. The van der Waals surface area contributed by atoms with E-state index in [-0.39, 0.29) is 5.82 Å². The summed E-state index contributed by atoms with van der Waals surface area (Å²) in [4.78, 5) is 13.1. The fourth-order valence-electron chi connectivity index (χ4n) is 0.667. The van der Waals surface area contributed by atoms with Gasteiger partial charge in [0.2, 0.25) is 5.82 Å². The Morgan fingerprint density at radius 2 is 1.62 bits per heavy atom. The lowest BCUT2D eigenvalue weighted by Crippen LogP contribution is -2.21. The Morgan fingerprint density at radius 1 is 1.08 bits per heavy atom. The molecule has 13 heavy (non-hydrogen) atoms. The van der Waals surface area contributed by atoms with E-state index in [1.54, 1.807) is 5.94 Å². The van der Waals surface area contributed by atoms with Crippen molar-refractivity contribution in [3.05, 3.63) is 42.2 Å². The summed E-state index contributed by atoms with van der Waals surface area (Å²) in [5.74, 6) is 1.75. The second kappa shape index (κ2) is 5.57. The first-order valence-electron chi connectivity index (χ1n) is 3.72. The lowest BCUT2D eigenvalue weighted by molar-refractivity contribution is 0.564. The molecule has 1 heterocycles. The van der Waals surface area contributed by atoms with Gasteiger partial charge in [-0.15, -0.1) is 0 Å². The molecule has 0 spiro atoms. The van der Waals surface area contributed by atoms with Crippen molar-refractivity contribution in [1.29, 1.82) is 0 Å². The average Bonchev–Trinajstić information content (AvgIpc) is 2.74. The minimum absolute atomic E-state index is 0.194. The van der Waals surface area contributed by atoms with Crippen LogP contribution in [0, 0.1) is 0 Å². The molecule has 1 aromatic carbocycles. The van der Waals surface area contributed by atoms with E-state index in [0.717, 1.165) is 0 Å². The van der Waals surface area contributed by atoms with E-state index in [1.165, 1.54) is 6.34 Å². The van der Waals surface area contributed by atoms with Crippen molar-refractivity contribution >= 4 is 12.3 Å². The lowest BCUT2D eigenvalue weighted by atomic mass is 10.4. The highest BCUT2D eigenvalue weighted by Gasteiger charge is 1.94. The van der Waals surface area contributed by atoms with Crippen molar-refractivity contribution in [3.63, 3.8) is 0 Å². The number of hydrazine groups is 1. The molecular formula is C9H9N3O. The van der Waals surface area contributed by atoms with Crippen LogP contribution in [0.4, 0.5) is 0 Å². The van der Waals surface area contributed by atoms with Gasteiger partial charge in [0.25, 0.3) is 0 Å². The molecule has 0 bridgehead atoms. The van der Waals surface area contributed by atoms with Gasteiger partial charge in [0.15, 0.2) is 5.94 Å². The number of benzene rings is 1. The third kappa shape index (κ3) is 3.74. The molecule has 0 atom stereocenters. The highest BCUT2D eigenvalue weighted by Crippen LogP contribution is 1.81. The van der Waals surface area contributed by atoms with Crippen molar-refractivity contribution < 1.29 is 4.79 Å². The van der Waals surface area contributed by atoms with Crippen LogP contribution in [0.3, 0.4) is 0 Å². The minimum Gasteiger partial charge on any atom is -0.288 e. The Bertz CT molecular complexity index is 288. The Balaban J connectivity index is 0.000000132. The molecule has 0 unspecified atom stereocenters. The quantitative estimate of drug-likeness (QED) is 0.564. The first-order valence-corrected chi connectivity index (χ1v) is 3.72. The van der Waals surface area contributed by atoms with E-state index in [0.29, 0.717) is 0 Å². The van der Waals surface area contributed by atoms with E-state index >= 15 is 0 Å². The summed E-state index contributed by atoms with van der Waals surface area (Å²) in [5, 5.41) is 0. The van der Waals surface area contributed by atoms with Gasteiger partial charge in [-0.25, -0.2) is 9.79 Å². The zero-order valence-electron chi connectivity index (χ0n) is 6.90. The molecule has 0 radical (unpaired) electrons. The largest absolute Gasteiger partial charge is 0.288 e. The predicted molar refractivity (Wildman–Crippen MR) is 50.4 cm³/mol. The number of nitrogens with zero attached hydrogens (tertiary/aromatic N) is 1. The van der Waals surface area contributed by atoms with Crippen LogP contribution in [0.25, 0.3) is 0 Å². The molecule has 0 amide bonds. The van der Waals surface area contributed by atoms with Gasteiger partial charge < -0.3 is 0 Å². The van der Waals surface area contributed by atoms with Crippen LogP contribution < -0.4 is 10.9 Å². The average molecular weight is 175 g/mol. The van der Waals surface area contributed by atoms with Crippen LogP contribution in [-0.4, -0.2) is 12.3 Å². The molecule has 1 aliphatic rings. The maximum atomic E-state index is 9.63. The van der Waals surface area contributed by atoms with E-state index in [1.807, 2.05) is 36.4 Å². The summed E-state index contributed by atoms with van der Waals surface area (Å²) < 4.78 is 0. The smallest absolute Gasteiger partial charge is 0.232 e. The monoisotopic (exact) mass is 175 g/mol. The van der Waals surface area contributed by atoms with Crippen LogP contribution in [-0.2, 0) is 4.79 Å². The second-order valence-electron chi connectivity index (χ2n) is 2.13. The van der Waals surface area contributed by atoms with Crippen molar-refractivity contribution in [2.24, 2.45) is 4.99 Å². The molecular weight excluding hydrogens is 166 g/mol. The van der Waals surface area contributed by atoms with Gasteiger partial charge in [0.1, 0.15) is 6.34 Å². The maximum Gasteiger partial charge on any atom is 0.232 e. The highest BCUT2D eigenvalue weighted by molar-refractivity contribution is 5.65. The minimum atomic E-state index is 0.194. The molecule has 1 aliphatic heterocycles. The van der Waals surface area contributed by atoms with Crippen molar-refractivity contribution in [2.45, 2.75) is 0 Å². The summed E-state index contributed by atoms with van der Waals surface area (Å²) in [6.07, 6.45) is 1.38. The number of carbonyl (C=O) groups excluding carboxylic acids is 1. The van der Waals surface area contributed by atoms with Gasteiger partial charge in [-0.3, -0.25) is 10.9 Å². The third-order valence-corrected chi connectivity index (χ3v) is 1.21. The zero-order chi connectivity index (χ0) is 9.36. The van der Waals surface area contributed by atoms with Crippen LogP contribution >= 0.6 is 0 Å². The van der Waals surface area contributed by atoms with Crippen LogP contribution in [0.2, 0.25) is 0 Å². The summed E-state index contributed by atoms with van der Waals surface area (Å²) in [6.45, 7) is 0. The van der Waals surface area contributed by atoms with E-state index in [9.17, 15) is 4.79 Å². The van der Waals surface area contributed by atoms with Gasteiger partial charge in [-0.1, -0.05) is 36.4 Å². The number of hydrogen-bond acceptors (Lipinski definition) is 4. The van der Waals surface area contributed by atoms with Crippen LogP contribution in [0.15, 0.2) is 47.2 Å². The fourth-order valence-corrected chi connectivity index (χ4v) is 0.667. The SMILES string of the molecule is O=C=C1N=CNN1.c1ccccc1. The number of nitrogens with one attached hydrogen (secondary N) is 2. The number of rotatable bonds is 0. The molecule has 4 heteroatoms. The first-order chi connectivity index (χ1) is 6.43. The molecule has 4 nitrogen and oxygen atoms in total. The standard InChI is InChI=1S/C6H6.C3H3N3O/c1-2-4-6-5-3-1;7-1-3-4-2-5-6-3/h1-6H;2,6H,(H,4,5). The van der Waals surface area contributed by atoms with Crippen molar-refractivity contribution in [1.82, 2.24) is 10.9 Å². The molecule has 0 saturated heterocycles. The Hall–Kier alpha value is -2.06. The predicted octanol–water partition coefficient (Wildman–Crippen LogP) is 0.482. The van der Waals surface area contributed by atoms with E-state index in [4.69, 9.17) is 0 Å². The highest BCUT2D eigenvalue weighted by atomic mass is 16.1. The van der Waals surface area contributed by atoms with Gasteiger partial charge in [-0.2, -0.15) is 0 Å². The Morgan fingerprint density at radius 3 is 1.85 bits per heavy atom. The number of hydrogen-bond donors (Lipinski definition) is 2. The molecule has 1 aromatic rings. The number of aliphatic imine (C=N–C) groups is 1. The van der Waals surface area contributed by atoms with Gasteiger partial charge in [0.05, 0.1) is 0 Å². The van der Waals surface area contributed by atoms with Gasteiger partial charge in [-0.05, 0) is 0 Å². The molecule has 0 aromatic heterocycles. The summed E-state index contributed by atoms with van der Waals surface area (Å²) in [6, 6.07) is 12.0. The zero-order valence-corrected chi connectivity index (χ0v) is 6.90. The molecule has 0 aliphatic carbocycles. The molecule has 0 fully saturated rings.